The summed E-state index contributed by atoms with van der Waals surface area (Å²) in [7, 11) is 3.39. The van der Waals surface area contributed by atoms with Gasteiger partial charge in [0.1, 0.15) is 11.3 Å². The van der Waals surface area contributed by atoms with Crippen LogP contribution in [0.4, 0.5) is 0 Å². The molecule has 1 amide bonds. The van der Waals surface area contributed by atoms with E-state index in [1.165, 1.54) is 0 Å². The predicted octanol–water partition coefficient (Wildman–Crippen LogP) is 2.81. The number of hydrogen-bond acceptors (Lipinski definition) is 4. The van der Waals surface area contributed by atoms with Crippen molar-refractivity contribution < 1.29 is 9.53 Å². The van der Waals surface area contributed by atoms with Crippen molar-refractivity contribution in [2.24, 2.45) is 0 Å². The molecule has 130 valence electrons. The van der Waals surface area contributed by atoms with Gasteiger partial charge in [-0.2, -0.15) is 0 Å². The Kier molecular flexibility index (Phi) is 4.81. The lowest BCUT2D eigenvalue weighted by molar-refractivity contribution is 0.0588. The van der Waals surface area contributed by atoms with Crippen molar-refractivity contribution >= 4 is 11.6 Å². The lowest BCUT2D eigenvalue weighted by atomic mass is 10.1. The number of nitrogens with zero attached hydrogens (tertiary/aromatic N) is 4. The summed E-state index contributed by atoms with van der Waals surface area (Å²) < 4.78 is 7.16. The van der Waals surface area contributed by atoms with Crippen molar-refractivity contribution in [2.75, 3.05) is 20.8 Å². The van der Waals surface area contributed by atoms with Crippen LogP contribution in [-0.4, -0.2) is 45.9 Å². The Hall–Kier alpha value is -2.73. The zero-order chi connectivity index (χ0) is 18.0. The second kappa shape index (κ2) is 7.03. The largest absolute Gasteiger partial charge is 0.382 e. The molecule has 0 radical (unpaired) electrons. The summed E-state index contributed by atoms with van der Waals surface area (Å²) in [6, 6.07) is 9.33. The molecule has 0 spiro atoms. The summed E-state index contributed by atoms with van der Waals surface area (Å²) in [6.07, 6.45) is 3.61. The Balaban J connectivity index is 2.00. The van der Waals surface area contributed by atoms with E-state index in [0.717, 1.165) is 16.9 Å². The number of amides is 1. The van der Waals surface area contributed by atoms with Crippen LogP contribution in [-0.2, 0) is 4.74 Å². The number of carbonyl (C=O) groups is 1. The Labute approximate surface area is 147 Å². The smallest absolute Gasteiger partial charge is 0.273 e. The first-order valence-electron chi connectivity index (χ1n) is 8.15. The van der Waals surface area contributed by atoms with Crippen molar-refractivity contribution in [3.8, 4) is 0 Å². The third kappa shape index (κ3) is 3.25. The Morgan fingerprint density at radius 3 is 2.80 bits per heavy atom. The van der Waals surface area contributed by atoms with Crippen LogP contribution in [0.25, 0.3) is 5.65 Å². The maximum absolute atomic E-state index is 13.2. The molecule has 6 nitrogen and oxygen atoms in total. The SMILES string of the molecule is COC[C@@H](c1ccccn1)N(C)C(=O)c1c(C)nc2cc(C)ccn12. The zero-order valence-corrected chi connectivity index (χ0v) is 14.9. The summed E-state index contributed by atoms with van der Waals surface area (Å²) in [5.74, 6) is -0.110. The number of hydrogen-bond donors (Lipinski definition) is 0. The molecule has 3 rings (SSSR count). The number of aromatic nitrogens is 3. The standard InChI is InChI=1S/C19H22N4O2/c1-13-8-10-23-17(11-13)21-14(2)18(23)19(24)22(3)16(12-25-4)15-7-5-6-9-20-15/h5-11,16H,12H2,1-4H3/t16-/m0/s1. The monoisotopic (exact) mass is 338 g/mol. The molecule has 1 atom stereocenters. The fourth-order valence-corrected chi connectivity index (χ4v) is 2.96. The van der Waals surface area contributed by atoms with Crippen LogP contribution in [0, 0.1) is 13.8 Å². The summed E-state index contributed by atoms with van der Waals surface area (Å²) in [5.41, 5.74) is 3.95. The van der Waals surface area contributed by atoms with Crippen LogP contribution < -0.4 is 0 Å². The highest BCUT2D eigenvalue weighted by molar-refractivity contribution is 5.94. The number of rotatable bonds is 5. The van der Waals surface area contributed by atoms with Crippen LogP contribution in [0.15, 0.2) is 42.7 Å². The molecule has 3 aromatic heterocycles. The molecule has 0 bridgehead atoms. The maximum atomic E-state index is 13.2. The average Bonchev–Trinajstić information content (AvgIpc) is 2.94. The second-order valence-corrected chi connectivity index (χ2v) is 6.12. The van der Waals surface area contributed by atoms with Gasteiger partial charge in [-0.15, -0.1) is 0 Å². The van der Waals surface area contributed by atoms with Crippen LogP contribution in [0.1, 0.15) is 33.5 Å². The van der Waals surface area contributed by atoms with E-state index in [1.54, 1.807) is 25.3 Å². The molecular formula is C19H22N4O2. The fraction of sp³-hybridized carbons (Fsp3) is 0.316. The lowest BCUT2D eigenvalue weighted by Gasteiger charge is -2.27. The molecule has 0 saturated heterocycles. The summed E-state index contributed by atoms with van der Waals surface area (Å²) in [5, 5.41) is 0. The number of imidazole rings is 1. The Morgan fingerprint density at radius 1 is 1.32 bits per heavy atom. The minimum Gasteiger partial charge on any atom is -0.382 e. The zero-order valence-electron chi connectivity index (χ0n) is 14.9. The van der Waals surface area contributed by atoms with Gasteiger partial charge in [-0.25, -0.2) is 4.98 Å². The number of carbonyl (C=O) groups excluding carboxylic acids is 1. The van der Waals surface area contributed by atoms with E-state index in [-0.39, 0.29) is 11.9 Å². The van der Waals surface area contributed by atoms with E-state index >= 15 is 0 Å². The highest BCUT2D eigenvalue weighted by Crippen LogP contribution is 2.22. The van der Waals surface area contributed by atoms with Gasteiger partial charge in [-0.05, 0) is 43.7 Å². The highest BCUT2D eigenvalue weighted by Gasteiger charge is 2.27. The Bertz CT molecular complexity index is 889. The molecule has 0 aliphatic rings. The number of aryl methyl sites for hydroxylation is 2. The van der Waals surface area contributed by atoms with Crippen LogP contribution >= 0.6 is 0 Å². The second-order valence-electron chi connectivity index (χ2n) is 6.12. The third-order valence-corrected chi connectivity index (χ3v) is 4.30. The van der Waals surface area contributed by atoms with Gasteiger partial charge in [0.2, 0.25) is 0 Å². The van der Waals surface area contributed by atoms with Crippen molar-refractivity contribution in [3.63, 3.8) is 0 Å². The predicted molar refractivity (Wildman–Crippen MR) is 95.6 cm³/mol. The first-order valence-corrected chi connectivity index (χ1v) is 8.15. The molecule has 25 heavy (non-hydrogen) atoms. The van der Waals surface area contributed by atoms with E-state index in [2.05, 4.69) is 9.97 Å². The van der Waals surface area contributed by atoms with Gasteiger partial charge in [-0.1, -0.05) is 6.07 Å². The molecule has 0 saturated carbocycles. The number of ether oxygens (including phenoxy) is 1. The molecule has 0 N–H and O–H groups in total. The van der Waals surface area contributed by atoms with Gasteiger partial charge < -0.3 is 9.64 Å². The van der Waals surface area contributed by atoms with Gasteiger partial charge in [0, 0.05) is 26.6 Å². The van der Waals surface area contributed by atoms with Crippen LogP contribution in [0.2, 0.25) is 0 Å². The number of likely N-dealkylation sites (N-methyl/N-ethyl adjacent to an activating group) is 1. The quantitative estimate of drug-likeness (QED) is 0.718. The van der Waals surface area contributed by atoms with E-state index in [0.29, 0.717) is 18.0 Å². The lowest BCUT2D eigenvalue weighted by Crippen LogP contribution is -2.35. The van der Waals surface area contributed by atoms with Gasteiger partial charge >= 0.3 is 0 Å². The van der Waals surface area contributed by atoms with Gasteiger partial charge in [0.25, 0.3) is 5.91 Å². The molecule has 0 aliphatic heterocycles. The highest BCUT2D eigenvalue weighted by atomic mass is 16.5. The number of fused-ring (bicyclic) bond motifs is 1. The molecule has 0 aliphatic carbocycles. The Morgan fingerprint density at radius 2 is 2.12 bits per heavy atom. The van der Waals surface area contributed by atoms with Crippen molar-refractivity contribution in [1.82, 2.24) is 19.3 Å². The summed E-state index contributed by atoms with van der Waals surface area (Å²) >= 11 is 0. The van der Waals surface area contributed by atoms with Crippen molar-refractivity contribution in [2.45, 2.75) is 19.9 Å². The molecule has 3 heterocycles. The average molecular weight is 338 g/mol. The van der Waals surface area contributed by atoms with Crippen LogP contribution in [0.5, 0.6) is 0 Å². The van der Waals surface area contributed by atoms with Crippen molar-refractivity contribution in [3.05, 3.63) is 65.4 Å². The third-order valence-electron chi connectivity index (χ3n) is 4.30. The molecule has 0 fully saturated rings. The van der Waals surface area contributed by atoms with E-state index < -0.39 is 0 Å². The van der Waals surface area contributed by atoms with Gasteiger partial charge in [-0.3, -0.25) is 14.2 Å². The summed E-state index contributed by atoms with van der Waals surface area (Å²) in [4.78, 5) is 23.8. The molecule has 0 aromatic carbocycles. The van der Waals surface area contributed by atoms with E-state index in [9.17, 15) is 4.79 Å². The first-order chi connectivity index (χ1) is 12.0. The first kappa shape index (κ1) is 17.1. The van der Waals surface area contributed by atoms with E-state index in [4.69, 9.17) is 4.74 Å². The summed E-state index contributed by atoms with van der Waals surface area (Å²) in [6.45, 7) is 4.23. The van der Waals surface area contributed by atoms with Gasteiger partial charge in [0.15, 0.2) is 0 Å². The van der Waals surface area contributed by atoms with E-state index in [1.807, 2.05) is 54.8 Å². The molecular weight excluding hydrogens is 316 g/mol. The van der Waals surface area contributed by atoms with Crippen LogP contribution in [0.3, 0.4) is 0 Å². The number of pyridine rings is 2. The molecule has 0 unspecified atom stereocenters. The topological polar surface area (TPSA) is 59.7 Å². The minimum absolute atomic E-state index is 0.110. The van der Waals surface area contributed by atoms with Crippen molar-refractivity contribution in [1.29, 1.82) is 0 Å². The maximum Gasteiger partial charge on any atom is 0.273 e. The van der Waals surface area contributed by atoms with Gasteiger partial charge in [0.05, 0.1) is 24.0 Å². The molecule has 6 heteroatoms. The minimum atomic E-state index is -0.269. The molecule has 3 aromatic rings. The number of methoxy groups -OCH3 is 1. The normalized spacial score (nSPS) is 12.3. The fourth-order valence-electron chi connectivity index (χ4n) is 2.96.